The molecule has 0 unspecified atom stereocenters. The zero-order chi connectivity index (χ0) is 24.1. The first kappa shape index (κ1) is 23.1. The highest BCUT2D eigenvalue weighted by Gasteiger charge is 2.29. The molecule has 170 valence electrons. The minimum Gasteiger partial charge on any atom is -0.465 e. The molecule has 0 bridgehead atoms. The van der Waals surface area contributed by atoms with Crippen LogP contribution in [0, 0.1) is 21.7 Å². The number of anilines is 1. The maximum Gasteiger partial charge on any atom is 0.355 e. The van der Waals surface area contributed by atoms with Gasteiger partial charge in [0.1, 0.15) is 17.3 Å². The molecule has 2 aromatic rings. The number of allylic oxidation sites excluding steroid dienone is 2. The lowest BCUT2D eigenvalue weighted by Crippen LogP contribution is -2.27. The number of nitro groups is 1. The number of hydrogen-bond acceptors (Lipinski definition) is 8. The van der Waals surface area contributed by atoms with Crippen molar-refractivity contribution in [1.29, 1.82) is 0 Å². The first-order chi connectivity index (χ1) is 15.7. The molecule has 1 aliphatic rings. The van der Waals surface area contributed by atoms with Gasteiger partial charge in [0.25, 0.3) is 5.69 Å². The van der Waals surface area contributed by atoms with E-state index in [9.17, 15) is 28.5 Å². The van der Waals surface area contributed by atoms with Crippen LogP contribution < -0.4 is 9.64 Å². The Balaban J connectivity index is 2.17. The lowest BCUT2D eigenvalue weighted by Gasteiger charge is -2.23. The number of halogens is 2. The summed E-state index contributed by atoms with van der Waals surface area (Å²) in [7, 11) is 2.22. The van der Waals surface area contributed by atoms with Gasteiger partial charge in [-0.05, 0) is 24.3 Å². The fourth-order valence-electron chi connectivity index (χ4n) is 2.92. The van der Waals surface area contributed by atoms with Crippen molar-refractivity contribution in [3.05, 3.63) is 93.8 Å². The molecule has 0 radical (unpaired) electrons. The van der Waals surface area contributed by atoms with Crippen LogP contribution >= 0.6 is 0 Å². The van der Waals surface area contributed by atoms with E-state index in [0.29, 0.717) is 6.07 Å². The number of ether oxygens (including phenoxy) is 3. The number of non-ortho nitro benzene ring substituents is 1. The molecule has 0 aromatic heterocycles. The molecule has 1 aliphatic heterocycles. The summed E-state index contributed by atoms with van der Waals surface area (Å²) in [5, 5.41) is 11.5. The van der Waals surface area contributed by atoms with Gasteiger partial charge in [-0.3, -0.25) is 10.1 Å². The van der Waals surface area contributed by atoms with Crippen LogP contribution in [0.15, 0.2) is 72.1 Å². The second-order valence-corrected chi connectivity index (χ2v) is 6.44. The number of esters is 2. The van der Waals surface area contributed by atoms with E-state index in [-0.39, 0.29) is 28.5 Å². The van der Waals surface area contributed by atoms with Crippen molar-refractivity contribution in [2.24, 2.45) is 0 Å². The summed E-state index contributed by atoms with van der Waals surface area (Å²) in [5.41, 5.74) is -0.899. The minimum absolute atomic E-state index is 0.0171. The molecule has 1 heterocycles. The zero-order valence-corrected chi connectivity index (χ0v) is 17.3. The zero-order valence-electron chi connectivity index (χ0n) is 17.3. The topological polar surface area (TPSA) is 108 Å². The van der Waals surface area contributed by atoms with Crippen molar-refractivity contribution in [2.75, 3.05) is 19.1 Å². The largest absolute Gasteiger partial charge is 0.465 e. The fourth-order valence-corrected chi connectivity index (χ4v) is 2.92. The first-order valence-electron chi connectivity index (χ1n) is 9.22. The smallest absolute Gasteiger partial charge is 0.355 e. The van der Waals surface area contributed by atoms with Crippen LogP contribution in [0.25, 0.3) is 0 Å². The highest BCUT2D eigenvalue weighted by atomic mass is 19.1. The predicted molar refractivity (Wildman–Crippen MR) is 111 cm³/mol. The number of carbonyl (C=O) groups is 2. The maximum absolute atomic E-state index is 14.0. The molecule has 0 saturated carbocycles. The summed E-state index contributed by atoms with van der Waals surface area (Å²) >= 11 is 0. The van der Waals surface area contributed by atoms with Crippen molar-refractivity contribution in [1.82, 2.24) is 0 Å². The monoisotopic (exact) mass is 458 g/mol. The van der Waals surface area contributed by atoms with Crippen molar-refractivity contribution >= 4 is 23.3 Å². The standard InChI is InChI=1S/C22H16F2N2O7/c1-31-21(27)17-5-3-4-8-25(20(17)22(28)32-2)14-10-15(26(29)30)12-16(11-14)33-19-7-6-13(23)9-18(19)24/h3-12H,1-2H3. The maximum atomic E-state index is 14.0. The summed E-state index contributed by atoms with van der Waals surface area (Å²) < 4.78 is 42.2. The molecule has 0 atom stereocenters. The van der Waals surface area contributed by atoms with Gasteiger partial charge in [0.05, 0.1) is 36.5 Å². The van der Waals surface area contributed by atoms with Crippen molar-refractivity contribution in [2.45, 2.75) is 0 Å². The fraction of sp³-hybridized carbons (Fsp3) is 0.0909. The van der Waals surface area contributed by atoms with Gasteiger partial charge in [0.15, 0.2) is 11.6 Å². The Labute approximate surface area is 185 Å². The van der Waals surface area contributed by atoms with Crippen molar-refractivity contribution < 1.29 is 37.5 Å². The Kier molecular flexibility index (Phi) is 6.82. The van der Waals surface area contributed by atoms with E-state index in [1.807, 2.05) is 0 Å². The number of rotatable bonds is 6. The van der Waals surface area contributed by atoms with Gasteiger partial charge in [-0.1, -0.05) is 6.08 Å². The number of methoxy groups -OCH3 is 2. The third kappa shape index (κ3) is 5.03. The van der Waals surface area contributed by atoms with E-state index >= 15 is 0 Å². The van der Waals surface area contributed by atoms with Gasteiger partial charge in [-0.25, -0.2) is 18.4 Å². The molecule has 3 rings (SSSR count). The number of carbonyl (C=O) groups excluding carboxylic acids is 2. The Hall–Kier alpha value is -4.54. The molecule has 0 spiro atoms. The van der Waals surface area contributed by atoms with E-state index in [0.717, 1.165) is 38.5 Å². The van der Waals surface area contributed by atoms with Crippen LogP contribution in [0.1, 0.15) is 0 Å². The summed E-state index contributed by atoms with van der Waals surface area (Å²) in [6.45, 7) is 0. The molecule has 2 aromatic carbocycles. The second kappa shape index (κ2) is 9.73. The van der Waals surface area contributed by atoms with Gasteiger partial charge >= 0.3 is 11.9 Å². The van der Waals surface area contributed by atoms with Gasteiger partial charge in [0, 0.05) is 24.4 Å². The second-order valence-electron chi connectivity index (χ2n) is 6.44. The van der Waals surface area contributed by atoms with Crippen LogP contribution in [0.2, 0.25) is 0 Å². The molecular weight excluding hydrogens is 442 g/mol. The predicted octanol–water partition coefficient (Wildman–Crippen LogP) is 4.16. The van der Waals surface area contributed by atoms with Crippen molar-refractivity contribution in [3.8, 4) is 11.5 Å². The van der Waals surface area contributed by atoms with Gasteiger partial charge < -0.3 is 19.1 Å². The van der Waals surface area contributed by atoms with Crippen LogP contribution in [-0.4, -0.2) is 31.1 Å². The quantitative estimate of drug-likeness (QED) is 0.361. The SMILES string of the molecule is COC(=O)C1=C(C(=O)OC)N(c2cc(Oc3ccc(F)cc3F)cc([N+](=O)[O-])c2)C=CC=C1. The van der Waals surface area contributed by atoms with Crippen LogP contribution in [-0.2, 0) is 19.1 Å². The highest BCUT2D eigenvalue weighted by molar-refractivity contribution is 6.05. The summed E-state index contributed by atoms with van der Waals surface area (Å²) in [6, 6.07) is 5.98. The summed E-state index contributed by atoms with van der Waals surface area (Å²) in [6.07, 6.45) is 5.60. The molecule has 33 heavy (non-hydrogen) atoms. The van der Waals surface area contributed by atoms with E-state index in [1.54, 1.807) is 0 Å². The molecule has 0 N–H and O–H groups in total. The highest BCUT2D eigenvalue weighted by Crippen LogP contribution is 2.35. The van der Waals surface area contributed by atoms with Gasteiger partial charge in [-0.15, -0.1) is 0 Å². The molecule has 11 heteroatoms. The lowest BCUT2D eigenvalue weighted by atomic mass is 10.1. The van der Waals surface area contributed by atoms with E-state index in [4.69, 9.17) is 14.2 Å². The minimum atomic E-state index is -1.02. The number of nitrogens with zero attached hydrogens (tertiary/aromatic N) is 2. The lowest BCUT2D eigenvalue weighted by molar-refractivity contribution is -0.384. The molecule has 0 saturated heterocycles. The third-order valence-electron chi connectivity index (χ3n) is 4.38. The van der Waals surface area contributed by atoms with Crippen LogP contribution in [0.5, 0.6) is 11.5 Å². The van der Waals surface area contributed by atoms with Gasteiger partial charge in [-0.2, -0.15) is 0 Å². The average Bonchev–Trinajstić information content (AvgIpc) is 3.02. The number of hydrogen-bond donors (Lipinski definition) is 0. The van der Waals surface area contributed by atoms with Crippen LogP contribution in [0.4, 0.5) is 20.2 Å². The van der Waals surface area contributed by atoms with E-state index in [2.05, 4.69) is 0 Å². The summed E-state index contributed by atoms with van der Waals surface area (Å²) in [4.78, 5) is 36.8. The Bertz CT molecular complexity index is 1220. The normalized spacial score (nSPS) is 12.9. The number of nitro benzene ring substituents is 1. The van der Waals surface area contributed by atoms with Crippen LogP contribution in [0.3, 0.4) is 0 Å². The Morgan fingerprint density at radius 2 is 1.73 bits per heavy atom. The van der Waals surface area contributed by atoms with E-state index < -0.39 is 34.2 Å². The summed E-state index contributed by atoms with van der Waals surface area (Å²) in [5.74, 6) is -4.19. The average molecular weight is 458 g/mol. The Morgan fingerprint density at radius 1 is 1.00 bits per heavy atom. The van der Waals surface area contributed by atoms with E-state index in [1.165, 1.54) is 35.4 Å². The van der Waals surface area contributed by atoms with Gasteiger partial charge in [0.2, 0.25) is 0 Å². The molecule has 0 aliphatic carbocycles. The molecular formula is C22H16F2N2O7. The van der Waals surface area contributed by atoms with Crippen molar-refractivity contribution in [3.63, 3.8) is 0 Å². The molecule has 0 fully saturated rings. The first-order valence-corrected chi connectivity index (χ1v) is 9.22. The Morgan fingerprint density at radius 3 is 2.36 bits per heavy atom. The number of benzene rings is 2. The molecule has 0 amide bonds. The molecule has 9 nitrogen and oxygen atoms in total. The third-order valence-corrected chi connectivity index (χ3v) is 4.38.